The molecule has 2 saturated heterocycles. The predicted molar refractivity (Wildman–Crippen MR) is 104 cm³/mol. The number of thiophene rings is 2. The number of hydrogen-bond acceptors (Lipinski definition) is 9. The van der Waals surface area contributed by atoms with Gasteiger partial charge in [-0.05, 0) is 0 Å². The first kappa shape index (κ1) is 16.8. The largest absolute Gasteiger partial charge is 0.485 e. The molecule has 27 heavy (non-hydrogen) atoms. The average molecular weight is 427 g/mol. The second-order valence-electron chi connectivity index (χ2n) is 6.60. The van der Waals surface area contributed by atoms with Crippen LogP contribution in [0.15, 0.2) is 5.38 Å². The summed E-state index contributed by atoms with van der Waals surface area (Å²) < 4.78 is 35.7. The van der Waals surface area contributed by atoms with Gasteiger partial charge in [0.2, 0.25) is 0 Å². The van der Waals surface area contributed by atoms with E-state index in [0.717, 1.165) is 38.5 Å². The highest BCUT2D eigenvalue weighted by Crippen LogP contribution is 2.60. The number of rotatable bonds is 2. The van der Waals surface area contributed by atoms with Crippen LogP contribution in [0.5, 0.6) is 23.0 Å². The van der Waals surface area contributed by atoms with Crippen LogP contribution in [0.3, 0.4) is 0 Å². The van der Waals surface area contributed by atoms with Gasteiger partial charge >= 0.3 is 0 Å². The van der Waals surface area contributed by atoms with Crippen LogP contribution in [-0.2, 0) is 9.47 Å². The first-order valence-corrected chi connectivity index (χ1v) is 11.8. The molecule has 144 valence electrons. The Bertz CT molecular complexity index is 862. The summed E-state index contributed by atoms with van der Waals surface area (Å²) in [4.78, 5) is 3.31. The van der Waals surface area contributed by atoms with Gasteiger partial charge in [-0.3, -0.25) is 0 Å². The molecule has 0 bridgehead atoms. The van der Waals surface area contributed by atoms with Crippen LogP contribution in [0.4, 0.5) is 0 Å². The number of thioether (sulfide) groups is 1. The van der Waals surface area contributed by atoms with Gasteiger partial charge in [0.1, 0.15) is 32.5 Å². The minimum atomic E-state index is 0.0710. The van der Waals surface area contributed by atoms with Crippen molar-refractivity contribution in [1.82, 2.24) is 0 Å². The van der Waals surface area contributed by atoms with Crippen LogP contribution < -0.4 is 18.9 Å². The first-order chi connectivity index (χ1) is 13.4. The fraction of sp³-hybridized carbons (Fsp3) is 0.556. The molecule has 0 aromatic carbocycles. The van der Waals surface area contributed by atoms with E-state index in [2.05, 4.69) is 0 Å². The Hall–Kier alpha value is -1.13. The molecule has 0 N–H and O–H groups in total. The molecule has 6 heterocycles. The quantitative estimate of drug-likeness (QED) is 0.727. The van der Waals surface area contributed by atoms with Gasteiger partial charge in [-0.2, -0.15) is 0 Å². The van der Waals surface area contributed by atoms with Gasteiger partial charge in [-0.25, -0.2) is 0 Å². The molecule has 2 fully saturated rings. The van der Waals surface area contributed by atoms with Gasteiger partial charge in [-0.15, -0.1) is 34.4 Å². The minimum Gasteiger partial charge on any atom is -0.485 e. The van der Waals surface area contributed by atoms with Crippen molar-refractivity contribution in [3.8, 4) is 32.8 Å². The molecule has 2 aromatic heterocycles. The van der Waals surface area contributed by atoms with E-state index in [1.807, 2.05) is 17.1 Å². The second-order valence-corrected chi connectivity index (χ2v) is 9.71. The second kappa shape index (κ2) is 6.73. The monoisotopic (exact) mass is 426 g/mol. The fourth-order valence-electron chi connectivity index (χ4n) is 3.86. The highest BCUT2D eigenvalue weighted by atomic mass is 32.2. The van der Waals surface area contributed by atoms with Crippen molar-refractivity contribution in [2.24, 2.45) is 0 Å². The molecule has 0 spiro atoms. The van der Waals surface area contributed by atoms with Crippen molar-refractivity contribution >= 4 is 34.4 Å². The van der Waals surface area contributed by atoms with Crippen molar-refractivity contribution < 1.29 is 28.4 Å². The van der Waals surface area contributed by atoms with E-state index in [1.165, 1.54) is 4.88 Å². The van der Waals surface area contributed by atoms with Crippen molar-refractivity contribution in [3.05, 3.63) is 10.3 Å². The molecule has 2 aromatic rings. The van der Waals surface area contributed by atoms with E-state index in [1.54, 1.807) is 22.7 Å². The first-order valence-electron chi connectivity index (χ1n) is 9.04. The lowest BCUT2D eigenvalue weighted by Crippen LogP contribution is -2.38. The van der Waals surface area contributed by atoms with Gasteiger partial charge in [-0.1, -0.05) is 0 Å². The highest BCUT2D eigenvalue weighted by Gasteiger charge is 2.45. The Morgan fingerprint density at radius 1 is 0.778 bits per heavy atom. The molecule has 0 saturated carbocycles. The average Bonchev–Trinajstić information content (AvgIpc) is 3.42. The standard InChI is InChI=1S/C18H18O6S3/c1-3-21-11-9(19-1)7-25-15(11)17-13-14(24-6-5-23-13)18(27-17)16-12-10(8-26-16)20-2-4-22-12/h7,10,12,16H,1-6,8H2. The molecule has 3 atom stereocenters. The van der Waals surface area contributed by atoms with E-state index in [9.17, 15) is 0 Å². The molecular weight excluding hydrogens is 408 g/mol. The van der Waals surface area contributed by atoms with Gasteiger partial charge in [0.25, 0.3) is 0 Å². The summed E-state index contributed by atoms with van der Waals surface area (Å²) in [6.07, 6.45) is 0.229. The van der Waals surface area contributed by atoms with Crippen LogP contribution in [0.1, 0.15) is 10.1 Å². The molecule has 4 aliphatic heterocycles. The zero-order chi connectivity index (χ0) is 17.8. The zero-order valence-electron chi connectivity index (χ0n) is 14.4. The molecule has 0 radical (unpaired) electrons. The zero-order valence-corrected chi connectivity index (χ0v) is 16.9. The highest BCUT2D eigenvalue weighted by molar-refractivity contribution is 8.00. The van der Waals surface area contributed by atoms with Gasteiger partial charge in [0, 0.05) is 11.1 Å². The van der Waals surface area contributed by atoms with Gasteiger partial charge in [0.05, 0.1) is 39.2 Å². The Morgan fingerprint density at radius 3 is 2.48 bits per heavy atom. The summed E-state index contributed by atoms with van der Waals surface area (Å²) >= 11 is 5.24. The van der Waals surface area contributed by atoms with E-state index < -0.39 is 0 Å². The SMILES string of the molecule is c1sc(-c2sc(C3SCC4OCCOC43)c3c2OCCO3)c2c1OCCO2. The van der Waals surface area contributed by atoms with E-state index in [-0.39, 0.29) is 17.5 Å². The minimum absolute atomic E-state index is 0.0710. The van der Waals surface area contributed by atoms with Crippen molar-refractivity contribution in [1.29, 1.82) is 0 Å². The number of ether oxygens (including phenoxy) is 6. The van der Waals surface area contributed by atoms with E-state index in [0.29, 0.717) is 39.6 Å². The Morgan fingerprint density at radius 2 is 1.56 bits per heavy atom. The summed E-state index contributed by atoms with van der Waals surface area (Å²) in [5.41, 5.74) is 0. The van der Waals surface area contributed by atoms with Crippen LogP contribution in [0.2, 0.25) is 0 Å². The van der Waals surface area contributed by atoms with Crippen molar-refractivity contribution in [2.45, 2.75) is 17.5 Å². The fourth-order valence-corrected chi connectivity index (χ4v) is 7.87. The summed E-state index contributed by atoms with van der Waals surface area (Å²) in [5, 5.41) is 2.22. The molecule has 0 amide bonds. The Labute approximate surface area is 168 Å². The van der Waals surface area contributed by atoms with E-state index in [4.69, 9.17) is 28.4 Å². The summed E-state index contributed by atoms with van der Waals surface area (Å²) in [5.74, 6) is 4.29. The van der Waals surface area contributed by atoms with Crippen LogP contribution in [-0.4, -0.2) is 57.6 Å². The van der Waals surface area contributed by atoms with Crippen LogP contribution in [0.25, 0.3) is 9.75 Å². The molecule has 6 nitrogen and oxygen atoms in total. The molecular formula is C18H18O6S3. The molecule has 6 rings (SSSR count). The third-order valence-electron chi connectivity index (χ3n) is 5.02. The summed E-state index contributed by atoms with van der Waals surface area (Å²) in [7, 11) is 0. The van der Waals surface area contributed by atoms with Crippen LogP contribution >= 0.6 is 34.4 Å². The lowest BCUT2D eigenvalue weighted by Gasteiger charge is -2.29. The lowest BCUT2D eigenvalue weighted by molar-refractivity contribution is -0.125. The normalized spacial score (nSPS) is 28.8. The Balaban J connectivity index is 1.44. The van der Waals surface area contributed by atoms with Crippen LogP contribution in [0, 0.1) is 0 Å². The molecule has 4 aliphatic rings. The van der Waals surface area contributed by atoms with Crippen molar-refractivity contribution in [3.63, 3.8) is 0 Å². The maximum Gasteiger partial charge on any atom is 0.181 e. The van der Waals surface area contributed by atoms with Gasteiger partial charge in [0.15, 0.2) is 23.0 Å². The number of fused-ring (bicyclic) bond motifs is 3. The molecule has 3 unspecified atom stereocenters. The maximum absolute atomic E-state index is 6.08. The Kier molecular flexibility index (Phi) is 4.19. The van der Waals surface area contributed by atoms with Gasteiger partial charge < -0.3 is 28.4 Å². The smallest absolute Gasteiger partial charge is 0.181 e. The topological polar surface area (TPSA) is 55.4 Å². The predicted octanol–water partition coefficient (Wildman–Crippen LogP) is 3.59. The van der Waals surface area contributed by atoms with Crippen molar-refractivity contribution in [2.75, 3.05) is 45.4 Å². The van der Waals surface area contributed by atoms with E-state index >= 15 is 0 Å². The number of hydrogen-bond donors (Lipinski definition) is 0. The third kappa shape index (κ3) is 2.66. The molecule has 9 heteroatoms. The maximum atomic E-state index is 6.08. The lowest BCUT2D eigenvalue weighted by atomic mass is 10.1. The summed E-state index contributed by atoms with van der Waals surface area (Å²) in [6, 6.07) is 0. The third-order valence-corrected chi connectivity index (χ3v) is 8.89. The molecule has 0 aliphatic carbocycles. The summed E-state index contributed by atoms with van der Waals surface area (Å²) in [6.45, 7) is 3.63.